The zero-order valence-electron chi connectivity index (χ0n) is 10.6. The first-order chi connectivity index (χ1) is 8.20. The summed E-state index contributed by atoms with van der Waals surface area (Å²) in [7, 11) is 4.11. The lowest BCUT2D eigenvalue weighted by molar-refractivity contribution is 0.401. The second-order valence-electron chi connectivity index (χ2n) is 4.15. The van der Waals surface area contributed by atoms with Crippen LogP contribution in [-0.2, 0) is 0 Å². The van der Waals surface area contributed by atoms with Crippen molar-refractivity contribution in [3.8, 4) is 5.75 Å². The molecule has 0 unspecified atom stereocenters. The molecule has 1 aromatic rings. The zero-order valence-corrected chi connectivity index (χ0v) is 10.6. The lowest BCUT2D eigenvalue weighted by Crippen LogP contribution is -2.28. The van der Waals surface area contributed by atoms with Crippen molar-refractivity contribution >= 4 is 6.21 Å². The van der Waals surface area contributed by atoms with Crippen LogP contribution in [0.25, 0.3) is 0 Å². The van der Waals surface area contributed by atoms with Crippen LogP contribution in [0.1, 0.15) is 5.56 Å². The summed E-state index contributed by atoms with van der Waals surface area (Å²) in [6.07, 6.45) is 1.71. The minimum absolute atomic E-state index is 0.275. The third kappa shape index (κ3) is 6.04. The van der Waals surface area contributed by atoms with Crippen molar-refractivity contribution in [2.75, 3.05) is 40.3 Å². The number of aromatic hydroxyl groups is 1. The highest BCUT2D eigenvalue weighted by Gasteiger charge is 1.94. The van der Waals surface area contributed by atoms with Gasteiger partial charge in [0.05, 0.1) is 6.54 Å². The highest BCUT2D eigenvalue weighted by Crippen LogP contribution is 2.12. The monoisotopic (exact) mass is 235 g/mol. The standard InChI is InChI=1S/C13H21N3O/c1-16(2)10-9-14-7-8-15-11-12-5-3-4-6-13(12)17/h3-6,11,14,17H,7-10H2,1-2H3. The van der Waals surface area contributed by atoms with Gasteiger partial charge in [-0.05, 0) is 26.2 Å². The van der Waals surface area contributed by atoms with Crippen molar-refractivity contribution in [1.82, 2.24) is 10.2 Å². The van der Waals surface area contributed by atoms with Crippen molar-refractivity contribution < 1.29 is 5.11 Å². The molecule has 2 N–H and O–H groups in total. The van der Waals surface area contributed by atoms with Crippen molar-refractivity contribution in [3.63, 3.8) is 0 Å². The Morgan fingerprint density at radius 1 is 1.29 bits per heavy atom. The van der Waals surface area contributed by atoms with E-state index in [1.54, 1.807) is 18.3 Å². The normalized spacial score (nSPS) is 11.5. The number of hydrogen-bond acceptors (Lipinski definition) is 4. The molecule has 4 nitrogen and oxygen atoms in total. The van der Waals surface area contributed by atoms with Crippen LogP contribution < -0.4 is 5.32 Å². The molecule has 0 saturated heterocycles. The SMILES string of the molecule is CN(C)CCNCCN=Cc1ccccc1O. The Labute approximate surface area is 103 Å². The maximum absolute atomic E-state index is 9.50. The molecule has 1 rings (SSSR count). The Kier molecular flexibility index (Phi) is 6.29. The highest BCUT2D eigenvalue weighted by atomic mass is 16.3. The molecule has 17 heavy (non-hydrogen) atoms. The van der Waals surface area contributed by atoms with Gasteiger partial charge in [0.2, 0.25) is 0 Å². The third-order valence-electron chi connectivity index (χ3n) is 2.32. The topological polar surface area (TPSA) is 47.9 Å². The Morgan fingerprint density at radius 2 is 2.06 bits per heavy atom. The van der Waals surface area contributed by atoms with E-state index in [9.17, 15) is 5.11 Å². The predicted octanol–water partition coefficient (Wildman–Crippen LogP) is 0.962. The number of phenols is 1. The number of hydrogen-bond donors (Lipinski definition) is 2. The van der Waals surface area contributed by atoms with E-state index in [4.69, 9.17) is 0 Å². The molecule has 0 atom stereocenters. The molecular weight excluding hydrogens is 214 g/mol. The van der Waals surface area contributed by atoms with Crippen molar-refractivity contribution in [1.29, 1.82) is 0 Å². The molecule has 4 heteroatoms. The quantitative estimate of drug-likeness (QED) is 0.547. The summed E-state index contributed by atoms with van der Waals surface area (Å²) in [6, 6.07) is 7.20. The van der Waals surface area contributed by atoms with Crippen LogP contribution in [0.2, 0.25) is 0 Å². The molecule has 0 bridgehead atoms. The van der Waals surface area contributed by atoms with E-state index in [1.807, 2.05) is 12.1 Å². The summed E-state index contributed by atoms with van der Waals surface area (Å²) in [6.45, 7) is 3.59. The van der Waals surface area contributed by atoms with Gasteiger partial charge in [0.25, 0.3) is 0 Å². The molecule has 0 fully saturated rings. The lowest BCUT2D eigenvalue weighted by Gasteiger charge is -2.09. The molecule has 0 aliphatic rings. The summed E-state index contributed by atoms with van der Waals surface area (Å²) in [5, 5.41) is 12.8. The first-order valence-corrected chi connectivity index (χ1v) is 5.83. The molecule has 0 amide bonds. The first-order valence-electron chi connectivity index (χ1n) is 5.83. The fraction of sp³-hybridized carbons (Fsp3) is 0.462. The zero-order chi connectivity index (χ0) is 12.5. The van der Waals surface area contributed by atoms with Crippen molar-refractivity contribution in [3.05, 3.63) is 29.8 Å². The molecule has 0 radical (unpaired) electrons. The van der Waals surface area contributed by atoms with Crippen LogP contribution in [0.15, 0.2) is 29.3 Å². The molecule has 1 aromatic carbocycles. The minimum atomic E-state index is 0.275. The summed E-state index contributed by atoms with van der Waals surface area (Å²) < 4.78 is 0. The predicted molar refractivity (Wildman–Crippen MR) is 72.0 cm³/mol. The van der Waals surface area contributed by atoms with E-state index in [-0.39, 0.29) is 5.75 Å². The summed E-state index contributed by atoms with van der Waals surface area (Å²) in [5.41, 5.74) is 0.765. The van der Waals surface area contributed by atoms with E-state index >= 15 is 0 Å². The fourth-order valence-corrected chi connectivity index (χ4v) is 1.33. The number of phenolic OH excluding ortho intramolecular Hbond substituents is 1. The Morgan fingerprint density at radius 3 is 2.76 bits per heavy atom. The lowest BCUT2D eigenvalue weighted by atomic mass is 10.2. The Bertz CT molecular complexity index is 350. The maximum atomic E-state index is 9.50. The van der Waals surface area contributed by atoms with Crippen LogP contribution in [0, 0.1) is 0 Å². The van der Waals surface area contributed by atoms with Gasteiger partial charge in [-0.1, -0.05) is 12.1 Å². The highest BCUT2D eigenvalue weighted by molar-refractivity contribution is 5.83. The number of rotatable bonds is 7. The molecule has 0 aliphatic heterocycles. The smallest absolute Gasteiger partial charge is 0.124 e. The largest absolute Gasteiger partial charge is 0.507 e. The van der Waals surface area contributed by atoms with Crippen LogP contribution in [0.3, 0.4) is 0 Å². The van der Waals surface area contributed by atoms with Gasteiger partial charge < -0.3 is 15.3 Å². The molecular formula is C13H21N3O. The van der Waals surface area contributed by atoms with Gasteiger partial charge in [0.15, 0.2) is 0 Å². The van der Waals surface area contributed by atoms with Gasteiger partial charge in [-0.25, -0.2) is 0 Å². The number of nitrogens with zero attached hydrogens (tertiary/aromatic N) is 2. The van der Waals surface area contributed by atoms with Gasteiger partial charge in [-0.15, -0.1) is 0 Å². The van der Waals surface area contributed by atoms with Gasteiger partial charge in [0, 0.05) is 31.4 Å². The van der Waals surface area contributed by atoms with E-state index in [2.05, 4.69) is 29.3 Å². The Hall–Kier alpha value is -1.39. The van der Waals surface area contributed by atoms with E-state index < -0.39 is 0 Å². The summed E-state index contributed by atoms with van der Waals surface area (Å²) >= 11 is 0. The second kappa shape index (κ2) is 7.81. The Balaban J connectivity index is 2.16. The number of nitrogens with one attached hydrogen (secondary N) is 1. The molecule has 0 aromatic heterocycles. The average molecular weight is 235 g/mol. The van der Waals surface area contributed by atoms with Gasteiger partial charge >= 0.3 is 0 Å². The van der Waals surface area contributed by atoms with E-state index in [0.717, 1.165) is 31.7 Å². The average Bonchev–Trinajstić information content (AvgIpc) is 2.30. The maximum Gasteiger partial charge on any atom is 0.124 e. The number of likely N-dealkylation sites (N-methyl/N-ethyl adjacent to an activating group) is 1. The summed E-state index contributed by atoms with van der Waals surface area (Å²) in [5.74, 6) is 0.275. The molecule has 0 heterocycles. The van der Waals surface area contributed by atoms with Crippen molar-refractivity contribution in [2.45, 2.75) is 0 Å². The van der Waals surface area contributed by atoms with Crippen LogP contribution in [-0.4, -0.2) is 56.5 Å². The third-order valence-corrected chi connectivity index (χ3v) is 2.32. The number of benzene rings is 1. The fourth-order valence-electron chi connectivity index (χ4n) is 1.33. The molecule has 94 valence electrons. The number of aliphatic imine (C=N–C) groups is 1. The van der Waals surface area contributed by atoms with E-state index in [1.165, 1.54) is 0 Å². The summed E-state index contributed by atoms with van der Waals surface area (Å²) in [4.78, 5) is 6.40. The first kappa shape index (κ1) is 13.7. The van der Waals surface area contributed by atoms with Gasteiger partial charge in [-0.3, -0.25) is 4.99 Å². The molecule has 0 aliphatic carbocycles. The van der Waals surface area contributed by atoms with Gasteiger partial charge in [0.1, 0.15) is 5.75 Å². The van der Waals surface area contributed by atoms with E-state index in [0.29, 0.717) is 0 Å². The van der Waals surface area contributed by atoms with Crippen LogP contribution in [0.4, 0.5) is 0 Å². The number of para-hydroxylation sites is 1. The second-order valence-corrected chi connectivity index (χ2v) is 4.15. The van der Waals surface area contributed by atoms with Crippen molar-refractivity contribution in [2.24, 2.45) is 4.99 Å². The molecule has 0 spiro atoms. The van der Waals surface area contributed by atoms with Crippen LogP contribution >= 0.6 is 0 Å². The minimum Gasteiger partial charge on any atom is -0.507 e. The molecule has 0 saturated carbocycles. The van der Waals surface area contributed by atoms with Crippen LogP contribution in [0.5, 0.6) is 5.75 Å². The van der Waals surface area contributed by atoms with Gasteiger partial charge in [-0.2, -0.15) is 0 Å².